The van der Waals surface area contributed by atoms with Gasteiger partial charge in [0.25, 0.3) is 0 Å². The summed E-state index contributed by atoms with van der Waals surface area (Å²) in [6.07, 6.45) is 0. The minimum absolute atomic E-state index is 0.0737. The van der Waals surface area contributed by atoms with Crippen LogP contribution in [0.25, 0.3) is 0 Å². The summed E-state index contributed by atoms with van der Waals surface area (Å²) in [4.78, 5) is 0. The standard InChI is InChI=1S/C16H16O5/c1-9(10-4-3-5-13(19-2)16(10)18)11-6-14-15(7-12(11)17)21-8-20-14/h3-7,9,17-18H,8H2,1-2H3. The van der Waals surface area contributed by atoms with Crippen molar-refractivity contribution in [2.75, 3.05) is 13.9 Å². The minimum atomic E-state index is -0.227. The Morgan fingerprint density at radius 2 is 1.81 bits per heavy atom. The zero-order chi connectivity index (χ0) is 15.0. The van der Waals surface area contributed by atoms with Gasteiger partial charge >= 0.3 is 0 Å². The third-order valence-corrected chi connectivity index (χ3v) is 3.71. The summed E-state index contributed by atoms with van der Waals surface area (Å²) in [5, 5.41) is 20.4. The van der Waals surface area contributed by atoms with Crippen LogP contribution in [0.5, 0.6) is 28.7 Å². The van der Waals surface area contributed by atoms with Gasteiger partial charge in [-0.2, -0.15) is 0 Å². The average molecular weight is 288 g/mol. The lowest BCUT2D eigenvalue weighted by Crippen LogP contribution is -1.99. The molecule has 0 bridgehead atoms. The molecule has 0 aliphatic carbocycles. The number of methoxy groups -OCH3 is 1. The van der Waals surface area contributed by atoms with E-state index in [9.17, 15) is 10.2 Å². The number of phenols is 2. The number of fused-ring (bicyclic) bond motifs is 1. The maximum Gasteiger partial charge on any atom is 0.231 e. The summed E-state index contributed by atoms with van der Waals surface area (Å²) in [5.41, 5.74) is 1.33. The molecular weight excluding hydrogens is 272 g/mol. The van der Waals surface area contributed by atoms with E-state index in [1.165, 1.54) is 13.2 Å². The van der Waals surface area contributed by atoms with Crippen LogP contribution in [0.15, 0.2) is 30.3 Å². The van der Waals surface area contributed by atoms with E-state index in [1.807, 2.05) is 6.92 Å². The molecule has 1 aliphatic rings. The molecule has 1 unspecified atom stereocenters. The fourth-order valence-corrected chi connectivity index (χ4v) is 2.51. The van der Waals surface area contributed by atoms with Gasteiger partial charge in [0.15, 0.2) is 23.0 Å². The van der Waals surface area contributed by atoms with E-state index in [0.717, 1.165) is 0 Å². The van der Waals surface area contributed by atoms with Gasteiger partial charge in [0.2, 0.25) is 6.79 Å². The van der Waals surface area contributed by atoms with E-state index in [-0.39, 0.29) is 24.2 Å². The largest absolute Gasteiger partial charge is 0.508 e. The molecule has 2 aromatic carbocycles. The van der Waals surface area contributed by atoms with Gasteiger partial charge in [-0.1, -0.05) is 19.1 Å². The number of hydrogen-bond donors (Lipinski definition) is 2. The summed E-state index contributed by atoms with van der Waals surface area (Å²) >= 11 is 0. The van der Waals surface area contributed by atoms with Crippen LogP contribution in [0.2, 0.25) is 0 Å². The van der Waals surface area contributed by atoms with Crippen LogP contribution < -0.4 is 14.2 Å². The molecule has 110 valence electrons. The van der Waals surface area contributed by atoms with Crippen molar-refractivity contribution in [3.63, 3.8) is 0 Å². The molecule has 21 heavy (non-hydrogen) atoms. The topological polar surface area (TPSA) is 68.2 Å². The average Bonchev–Trinajstić information content (AvgIpc) is 2.93. The highest BCUT2D eigenvalue weighted by molar-refractivity contribution is 5.56. The first-order valence-electron chi connectivity index (χ1n) is 6.60. The van der Waals surface area contributed by atoms with Gasteiger partial charge in [0, 0.05) is 23.1 Å². The molecule has 2 N–H and O–H groups in total. The molecular formula is C16H16O5. The van der Waals surface area contributed by atoms with Gasteiger partial charge in [-0.15, -0.1) is 0 Å². The van der Waals surface area contributed by atoms with Crippen LogP contribution in [-0.4, -0.2) is 24.1 Å². The van der Waals surface area contributed by atoms with Crippen LogP contribution in [0, 0.1) is 0 Å². The minimum Gasteiger partial charge on any atom is -0.508 e. The molecule has 5 nitrogen and oxygen atoms in total. The van der Waals surface area contributed by atoms with Crippen LogP contribution in [0.1, 0.15) is 24.0 Å². The SMILES string of the molecule is COc1cccc(C(C)c2cc3c(cc2O)OCO3)c1O. The van der Waals surface area contributed by atoms with Crippen molar-refractivity contribution in [1.29, 1.82) is 0 Å². The third-order valence-electron chi connectivity index (χ3n) is 3.71. The molecule has 1 aliphatic heterocycles. The van der Waals surface area contributed by atoms with Crippen molar-refractivity contribution < 1.29 is 24.4 Å². The summed E-state index contributed by atoms with van der Waals surface area (Å²) < 4.78 is 15.7. The van der Waals surface area contributed by atoms with Gasteiger partial charge in [0.1, 0.15) is 5.75 Å². The highest BCUT2D eigenvalue weighted by Crippen LogP contribution is 2.44. The number of phenolic OH excluding ortho intramolecular Hbond substituents is 2. The van der Waals surface area contributed by atoms with Gasteiger partial charge < -0.3 is 24.4 Å². The molecule has 3 rings (SSSR count). The summed E-state index contributed by atoms with van der Waals surface area (Å²) in [7, 11) is 1.50. The van der Waals surface area contributed by atoms with Gasteiger partial charge in [-0.25, -0.2) is 0 Å². The second kappa shape index (κ2) is 5.09. The number of rotatable bonds is 3. The molecule has 0 saturated heterocycles. The van der Waals surface area contributed by atoms with Gasteiger partial charge in [-0.05, 0) is 12.1 Å². The first kappa shape index (κ1) is 13.4. The first-order chi connectivity index (χ1) is 10.1. The van der Waals surface area contributed by atoms with E-state index in [1.54, 1.807) is 24.3 Å². The number of ether oxygens (including phenoxy) is 3. The monoisotopic (exact) mass is 288 g/mol. The normalized spacial score (nSPS) is 14.0. The van der Waals surface area contributed by atoms with Crippen molar-refractivity contribution >= 4 is 0 Å². The van der Waals surface area contributed by atoms with Gasteiger partial charge in [0.05, 0.1) is 7.11 Å². The Balaban J connectivity index is 2.05. The van der Waals surface area contributed by atoms with Crippen molar-refractivity contribution in [2.24, 2.45) is 0 Å². The van der Waals surface area contributed by atoms with Crippen molar-refractivity contribution in [3.8, 4) is 28.7 Å². The Hall–Kier alpha value is -2.56. The Morgan fingerprint density at radius 3 is 2.52 bits per heavy atom. The van der Waals surface area contributed by atoms with Crippen molar-refractivity contribution in [3.05, 3.63) is 41.5 Å². The first-order valence-corrected chi connectivity index (χ1v) is 6.60. The quantitative estimate of drug-likeness (QED) is 0.908. The van der Waals surface area contributed by atoms with Crippen LogP contribution in [0.3, 0.4) is 0 Å². The molecule has 5 heteroatoms. The number of hydrogen-bond acceptors (Lipinski definition) is 5. The Labute approximate surface area is 122 Å². The Morgan fingerprint density at radius 1 is 1.10 bits per heavy atom. The lowest BCUT2D eigenvalue weighted by Gasteiger charge is -2.17. The molecule has 0 aromatic heterocycles. The number of benzene rings is 2. The molecule has 2 aromatic rings. The van der Waals surface area contributed by atoms with Gasteiger partial charge in [-0.3, -0.25) is 0 Å². The maximum absolute atomic E-state index is 10.2. The lowest BCUT2D eigenvalue weighted by atomic mass is 9.91. The second-order valence-corrected chi connectivity index (χ2v) is 4.88. The van der Waals surface area contributed by atoms with E-state index in [2.05, 4.69) is 0 Å². The molecule has 0 radical (unpaired) electrons. The van der Waals surface area contributed by atoms with E-state index < -0.39 is 0 Å². The Kier molecular flexibility index (Phi) is 3.25. The fourth-order valence-electron chi connectivity index (χ4n) is 2.51. The summed E-state index contributed by atoms with van der Waals surface area (Å²) in [5.74, 6) is 1.48. The predicted molar refractivity (Wildman–Crippen MR) is 76.4 cm³/mol. The molecule has 1 atom stereocenters. The van der Waals surface area contributed by atoms with E-state index in [0.29, 0.717) is 28.4 Å². The smallest absolute Gasteiger partial charge is 0.231 e. The van der Waals surface area contributed by atoms with Crippen molar-refractivity contribution in [1.82, 2.24) is 0 Å². The second-order valence-electron chi connectivity index (χ2n) is 4.88. The maximum atomic E-state index is 10.2. The van der Waals surface area contributed by atoms with E-state index in [4.69, 9.17) is 14.2 Å². The fraction of sp³-hybridized carbons (Fsp3) is 0.250. The van der Waals surface area contributed by atoms with Crippen molar-refractivity contribution in [2.45, 2.75) is 12.8 Å². The molecule has 0 fully saturated rings. The summed E-state index contributed by atoms with van der Waals surface area (Å²) in [6, 6.07) is 8.55. The highest BCUT2D eigenvalue weighted by atomic mass is 16.7. The molecule has 0 saturated carbocycles. The Bertz CT molecular complexity index is 681. The van der Waals surface area contributed by atoms with E-state index >= 15 is 0 Å². The van der Waals surface area contributed by atoms with Crippen LogP contribution in [-0.2, 0) is 0 Å². The predicted octanol–water partition coefficient (Wildman–Crippen LogP) is 2.99. The van der Waals surface area contributed by atoms with Crippen LogP contribution >= 0.6 is 0 Å². The third kappa shape index (κ3) is 2.20. The zero-order valence-electron chi connectivity index (χ0n) is 11.8. The summed E-state index contributed by atoms with van der Waals surface area (Å²) in [6.45, 7) is 2.04. The molecule has 0 amide bonds. The highest BCUT2D eigenvalue weighted by Gasteiger charge is 2.23. The number of aromatic hydroxyl groups is 2. The van der Waals surface area contributed by atoms with Crippen LogP contribution in [0.4, 0.5) is 0 Å². The zero-order valence-corrected chi connectivity index (χ0v) is 11.8. The molecule has 0 spiro atoms. The number of para-hydroxylation sites is 1. The molecule has 1 heterocycles. The lowest BCUT2D eigenvalue weighted by molar-refractivity contribution is 0.174.